The fourth-order valence-corrected chi connectivity index (χ4v) is 3.23. The Morgan fingerprint density at radius 3 is 2.64 bits per heavy atom. The van der Waals surface area contributed by atoms with E-state index < -0.39 is 23.6 Å². The van der Waals surface area contributed by atoms with E-state index in [1.54, 1.807) is 12.1 Å². The minimum Gasteiger partial charge on any atom is -0.495 e. The Morgan fingerprint density at radius 1 is 1.25 bits per heavy atom. The van der Waals surface area contributed by atoms with Crippen LogP contribution in [0.15, 0.2) is 42.5 Å². The maximum atomic E-state index is 13.1. The van der Waals surface area contributed by atoms with Gasteiger partial charge < -0.3 is 15.0 Å². The molecule has 148 valence electrons. The molecule has 0 aliphatic carbocycles. The van der Waals surface area contributed by atoms with Crippen molar-refractivity contribution in [1.29, 1.82) is 0 Å². The molecule has 0 unspecified atom stereocenters. The van der Waals surface area contributed by atoms with Crippen molar-refractivity contribution in [2.24, 2.45) is 5.92 Å². The summed E-state index contributed by atoms with van der Waals surface area (Å²) in [7, 11) is 1.44. The van der Waals surface area contributed by atoms with Gasteiger partial charge in [-0.2, -0.15) is 13.2 Å². The van der Waals surface area contributed by atoms with Gasteiger partial charge in [0.25, 0.3) is 0 Å². The van der Waals surface area contributed by atoms with E-state index in [1.165, 1.54) is 36.3 Å². The van der Waals surface area contributed by atoms with E-state index in [1.807, 2.05) is 0 Å². The molecule has 0 spiro atoms. The van der Waals surface area contributed by atoms with Gasteiger partial charge in [-0.15, -0.1) is 0 Å². The minimum absolute atomic E-state index is 0.00948. The van der Waals surface area contributed by atoms with Gasteiger partial charge in [-0.25, -0.2) is 0 Å². The standard InChI is InChI=1S/C19H16ClF3N2O3/c1-28-16-7-6-12(20)9-15(16)25-10-11(8-17(25)26)18(27)24-14-5-3-2-4-13(14)19(21,22)23/h2-7,9,11H,8,10H2,1H3,(H,24,27)/t11-/m0/s1. The molecule has 1 atom stereocenters. The molecule has 1 fully saturated rings. The lowest BCUT2D eigenvalue weighted by Crippen LogP contribution is -2.29. The molecule has 2 aromatic rings. The Morgan fingerprint density at radius 2 is 1.96 bits per heavy atom. The number of carbonyl (C=O) groups is 2. The lowest BCUT2D eigenvalue weighted by Gasteiger charge is -2.20. The van der Waals surface area contributed by atoms with Crippen molar-refractivity contribution >= 4 is 34.8 Å². The number of nitrogens with zero attached hydrogens (tertiary/aromatic N) is 1. The van der Waals surface area contributed by atoms with Crippen LogP contribution in [0.2, 0.25) is 5.02 Å². The van der Waals surface area contributed by atoms with E-state index in [0.29, 0.717) is 16.5 Å². The first-order valence-electron chi connectivity index (χ1n) is 8.31. The van der Waals surface area contributed by atoms with Crippen LogP contribution in [-0.2, 0) is 15.8 Å². The van der Waals surface area contributed by atoms with Gasteiger partial charge >= 0.3 is 6.18 Å². The second kappa shape index (κ2) is 7.71. The molecule has 0 saturated carbocycles. The molecule has 0 bridgehead atoms. The number of rotatable bonds is 4. The molecular weight excluding hydrogens is 397 g/mol. The molecule has 0 aromatic heterocycles. The molecule has 2 aromatic carbocycles. The quantitative estimate of drug-likeness (QED) is 0.811. The first-order chi connectivity index (χ1) is 13.2. The van der Waals surface area contributed by atoms with Crippen LogP contribution in [0.25, 0.3) is 0 Å². The third-order valence-electron chi connectivity index (χ3n) is 4.42. The summed E-state index contributed by atoms with van der Waals surface area (Å²) in [4.78, 5) is 26.3. The summed E-state index contributed by atoms with van der Waals surface area (Å²) in [5, 5.41) is 2.68. The van der Waals surface area contributed by atoms with Crippen molar-refractivity contribution in [3.05, 3.63) is 53.1 Å². The Labute approximate surface area is 164 Å². The number of benzene rings is 2. The largest absolute Gasteiger partial charge is 0.495 e. The van der Waals surface area contributed by atoms with Gasteiger partial charge in [0.2, 0.25) is 11.8 Å². The van der Waals surface area contributed by atoms with Gasteiger partial charge in [-0.05, 0) is 30.3 Å². The van der Waals surface area contributed by atoms with Gasteiger partial charge in [-0.1, -0.05) is 23.7 Å². The lowest BCUT2D eigenvalue weighted by molar-refractivity contribution is -0.137. The van der Waals surface area contributed by atoms with E-state index in [0.717, 1.165) is 6.07 Å². The number of hydrogen-bond donors (Lipinski definition) is 1. The molecular formula is C19H16ClF3N2O3. The highest BCUT2D eigenvalue weighted by molar-refractivity contribution is 6.31. The van der Waals surface area contributed by atoms with E-state index in [2.05, 4.69) is 5.32 Å². The number of para-hydroxylation sites is 1. The maximum absolute atomic E-state index is 13.1. The maximum Gasteiger partial charge on any atom is 0.418 e. The number of carbonyl (C=O) groups excluding carboxylic acids is 2. The minimum atomic E-state index is -4.60. The summed E-state index contributed by atoms with van der Waals surface area (Å²) in [6.45, 7) is 0.00948. The molecule has 0 radical (unpaired) electrons. The molecule has 1 saturated heterocycles. The molecule has 1 aliphatic rings. The summed E-state index contributed by atoms with van der Waals surface area (Å²) < 4.78 is 44.5. The lowest BCUT2D eigenvalue weighted by atomic mass is 10.1. The zero-order chi connectivity index (χ0) is 20.5. The van der Waals surface area contributed by atoms with Gasteiger partial charge in [0.05, 0.1) is 30.0 Å². The smallest absolute Gasteiger partial charge is 0.418 e. The second-order valence-corrected chi connectivity index (χ2v) is 6.69. The molecule has 3 rings (SSSR count). The topological polar surface area (TPSA) is 58.6 Å². The zero-order valence-corrected chi connectivity index (χ0v) is 15.5. The highest BCUT2D eigenvalue weighted by Gasteiger charge is 2.38. The van der Waals surface area contributed by atoms with Crippen LogP contribution in [0.3, 0.4) is 0 Å². The number of halogens is 4. The average molecular weight is 413 g/mol. The van der Waals surface area contributed by atoms with Gasteiger partial charge in [0, 0.05) is 18.0 Å². The van der Waals surface area contributed by atoms with E-state index >= 15 is 0 Å². The van der Waals surface area contributed by atoms with E-state index in [-0.39, 0.29) is 24.6 Å². The summed E-state index contributed by atoms with van der Waals surface area (Å²) in [5.41, 5.74) is -0.877. The average Bonchev–Trinajstić information content (AvgIpc) is 3.03. The van der Waals surface area contributed by atoms with Crippen LogP contribution in [0, 0.1) is 5.92 Å². The zero-order valence-electron chi connectivity index (χ0n) is 14.7. The van der Waals surface area contributed by atoms with Gasteiger partial charge in [-0.3, -0.25) is 9.59 Å². The van der Waals surface area contributed by atoms with Crippen molar-refractivity contribution in [2.75, 3.05) is 23.9 Å². The van der Waals surface area contributed by atoms with Crippen LogP contribution in [0.1, 0.15) is 12.0 Å². The monoisotopic (exact) mass is 412 g/mol. The predicted octanol–water partition coefficient (Wildman–Crippen LogP) is 4.36. The molecule has 1 aliphatic heterocycles. The predicted molar refractivity (Wildman–Crippen MR) is 98.5 cm³/mol. The molecule has 9 heteroatoms. The van der Waals surface area contributed by atoms with Crippen LogP contribution in [0.5, 0.6) is 5.75 Å². The van der Waals surface area contributed by atoms with Crippen molar-refractivity contribution in [3.63, 3.8) is 0 Å². The fourth-order valence-electron chi connectivity index (χ4n) is 3.06. The number of alkyl halides is 3. The molecule has 1 heterocycles. The van der Waals surface area contributed by atoms with Crippen molar-refractivity contribution in [2.45, 2.75) is 12.6 Å². The third-order valence-corrected chi connectivity index (χ3v) is 4.65. The molecule has 2 amide bonds. The van der Waals surface area contributed by atoms with Gasteiger partial charge in [0.15, 0.2) is 0 Å². The molecule has 5 nitrogen and oxygen atoms in total. The Bertz CT molecular complexity index is 918. The van der Waals surface area contributed by atoms with Crippen LogP contribution in [-0.4, -0.2) is 25.5 Å². The Balaban J connectivity index is 1.80. The highest BCUT2D eigenvalue weighted by atomic mass is 35.5. The molecule has 28 heavy (non-hydrogen) atoms. The summed E-state index contributed by atoms with van der Waals surface area (Å²) in [6.07, 6.45) is -4.73. The van der Waals surface area contributed by atoms with Crippen molar-refractivity contribution in [3.8, 4) is 5.75 Å². The summed E-state index contributed by atoms with van der Waals surface area (Å²) >= 11 is 5.99. The number of anilines is 2. The summed E-state index contributed by atoms with van der Waals surface area (Å²) in [6, 6.07) is 9.43. The van der Waals surface area contributed by atoms with Crippen LogP contribution >= 0.6 is 11.6 Å². The van der Waals surface area contributed by atoms with Gasteiger partial charge in [0.1, 0.15) is 5.75 Å². The normalized spacial score (nSPS) is 17.0. The number of ether oxygens (including phenoxy) is 1. The fraction of sp³-hybridized carbons (Fsp3) is 0.263. The van der Waals surface area contributed by atoms with E-state index in [9.17, 15) is 22.8 Å². The first-order valence-corrected chi connectivity index (χ1v) is 8.69. The van der Waals surface area contributed by atoms with Crippen LogP contribution < -0.4 is 15.0 Å². The number of methoxy groups -OCH3 is 1. The van der Waals surface area contributed by atoms with Crippen molar-refractivity contribution < 1.29 is 27.5 Å². The number of hydrogen-bond acceptors (Lipinski definition) is 3. The van der Waals surface area contributed by atoms with Crippen molar-refractivity contribution in [1.82, 2.24) is 0 Å². The second-order valence-electron chi connectivity index (χ2n) is 6.25. The molecule has 1 N–H and O–H groups in total. The highest BCUT2D eigenvalue weighted by Crippen LogP contribution is 2.37. The van der Waals surface area contributed by atoms with Crippen LogP contribution in [0.4, 0.5) is 24.5 Å². The number of amides is 2. The summed E-state index contributed by atoms with van der Waals surface area (Å²) in [5.74, 6) is -1.41. The number of nitrogens with one attached hydrogen (secondary N) is 1. The Kier molecular flexibility index (Phi) is 5.51. The third kappa shape index (κ3) is 4.06. The van der Waals surface area contributed by atoms with E-state index in [4.69, 9.17) is 16.3 Å². The SMILES string of the molecule is COc1ccc(Cl)cc1N1C[C@@H](C(=O)Nc2ccccc2C(F)(F)F)CC1=O. The first kappa shape index (κ1) is 20.0. The Hall–Kier alpha value is -2.74.